The van der Waals surface area contributed by atoms with Crippen molar-refractivity contribution in [2.75, 3.05) is 23.9 Å². The molecule has 1 radical (unpaired) electrons. The van der Waals surface area contributed by atoms with E-state index in [9.17, 15) is 8.42 Å². The minimum Gasteiger partial charge on any atom is -0.284 e. The van der Waals surface area contributed by atoms with E-state index in [-0.39, 0.29) is 23.9 Å². The van der Waals surface area contributed by atoms with E-state index in [0.29, 0.717) is 5.02 Å². The minimum absolute atomic E-state index is 0.00466. The number of halogens is 2. The van der Waals surface area contributed by atoms with Crippen LogP contribution in [0.1, 0.15) is 0 Å². The zero-order valence-corrected chi connectivity index (χ0v) is 10.9. The topological polar surface area (TPSA) is 48.2 Å². The normalized spacial score (nSPS) is 11.4. The van der Waals surface area contributed by atoms with E-state index in [1.165, 1.54) is 0 Å². The van der Waals surface area contributed by atoms with Crippen LogP contribution >= 0.6 is 23.2 Å². The number of hydrogen-bond acceptors (Lipinski definition) is 2. The van der Waals surface area contributed by atoms with E-state index in [1.807, 2.05) is 0 Å². The number of alkyl halides is 1. The second-order valence-corrected chi connectivity index (χ2v) is 6.32. The van der Waals surface area contributed by atoms with Crippen molar-refractivity contribution in [3.8, 4) is 0 Å². The predicted molar refractivity (Wildman–Crippen MR) is 67.5 cm³/mol. The second kappa shape index (κ2) is 6.33. The van der Waals surface area contributed by atoms with Crippen LogP contribution in [0.5, 0.6) is 0 Å². The van der Waals surface area contributed by atoms with Crippen LogP contribution in [0.2, 0.25) is 5.02 Å². The van der Waals surface area contributed by atoms with E-state index in [0.717, 1.165) is 5.69 Å². The number of rotatable bonds is 6. The number of hydrogen-bond donors (Lipinski definition) is 0. The fourth-order valence-corrected chi connectivity index (χ4v) is 2.72. The summed E-state index contributed by atoms with van der Waals surface area (Å²) in [5.74, 6) is 0.163. The fraction of sp³-hybridized carbons (Fsp3) is 0.400. The molecule has 0 amide bonds. The molecule has 89 valence electrons. The quantitative estimate of drug-likeness (QED) is 0.751. The molecule has 0 saturated carbocycles. The van der Waals surface area contributed by atoms with E-state index < -0.39 is 9.84 Å². The summed E-state index contributed by atoms with van der Waals surface area (Å²) in [5.41, 5.74) is 0.727. The molecule has 0 fully saturated rings. The van der Waals surface area contributed by atoms with Gasteiger partial charge in [0.1, 0.15) is 0 Å². The highest BCUT2D eigenvalue weighted by Crippen LogP contribution is 2.13. The van der Waals surface area contributed by atoms with Gasteiger partial charge in [0.25, 0.3) is 0 Å². The lowest BCUT2D eigenvalue weighted by molar-refractivity contribution is 0.595. The number of nitrogens with zero attached hydrogens (tertiary/aromatic N) is 1. The Morgan fingerprint density at radius 2 is 1.75 bits per heavy atom. The largest absolute Gasteiger partial charge is 0.284 e. The Balaban J connectivity index is 2.39. The van der Waals surface area contributed by atoms with Crippen LogP contribution in [0.4, 0.5) is 5.69 Å². The van der Waals surface area contributed by atoms with Gasteiger partial charge in [-0.25, -0.2) is 8.42 Å². The van der Waals surface area contributed by atoms with Crippen LogP contribution in [-0.2, 0) is 9.84 Å². The van der Waals surface area contributed by atoms with Crippen molar-refractivity contribution in [1.82, 2.24) is 5.32 Å². The molecule has 0 atom stereocenters. The van der Waals surface area contributed by atoms with Gasteiger partial charge in [-0.1, -0.05) is 11.6 Å². The third-order valence-corrected chi connectivity index (χ3v) is 4.21. The third-order valence-electron chi connectivity index (χ3n) is 1.91. The molecular weight excluding hydrogens is 269 g/mol. The molecule has 6 heteroatoms. The van der Waals surface area contributed by atoms with Crippen molar-refractivity contribution in [2.24, 2.45) is 0 Å². The Morgan fingerprint density at radius 1 is 1.12 bits per heavy atom. The first-order valence-electron chi connectivity index (χ1n) is 4.73. The Morgan fingerprint density at radius 3 is 2.31 bits per heavy atom. The lowest BCUT2D eigenvalue weighted by Crippen LogP contribution is -2.18. The third kappa shape index (κ3) is 5.05. The van der Waals surface area contributed by atoms with Crippen LogP contribution < -0.4 is 5.32 Å². The average Bonchev–Trinajstić information content (AvgIpc) is 2.20. The molecule has 0 N–H and O–H groups in total. The van der Waals surface area contributed by atoms with Crippen LogP contribution in [0.25, 0.3) is 0 Å². The predicted octanol–water partition coefficient (Wildman–Crippen LogP) is 2.23. The molecule has 1 aromatic rings. The Labute approximate surface area is 106 Å². The highest BCUT2D eigenvalue weighted by Gasteiger charge is 2.09. The maximum Gasteiger partial charge on any atom is 0.153 e. The molecule has 1 aromatic carbocycles. The van der Waals surface area contributed by atoms with Gasteiger partial charge in [-0.3, -0.25) is 5.32 Å². The van der Waals surface area contributed by atoms with Gasteiger partial charge in [-0.05, 0) is 24.3 Å². The van der Waals surface area contributed by atoms with Crippen molar-refractivity contribution < 1.29 is 8.42 Å². The van der Waals surface area contributed by atoms with Gasteiger partial charge in [0.05, 0.1) is 23.7 Å². The van der Waals surface area contributed by atoms with Crippen LogP contribution in [0.15, 0.2) is 24.3 Å². The van der Waals surface area contributed by atoms with Gasteiger partial charge in [-0.15, -0.1) is 11.6 Å². The molecular formula is C10H12Cl2NO2S. The lowest BCUT2D eigenvalue weighted by atomic mass is 10.3. The Hall–Kier alpha value is -0.450. The second-order valence-electron chi connectivity index (χ2n) is 3.20. The van der Waals surface area contributed by atoms with Crippen LogP contribution in [-0.4, -0.2) is 32.3 Å². The van der Waals surface area contributed by atoms with Gasteiger partial charge in [0, 0.05) is 10.9 Å². The monoisotopic (exact) mass is 280 g/mol. The molecule has 0 unspecified atom stereocenters. The fourth-order valence-electron chi connectivity index (χ4n) is 1.08. The summed E-state index contributed by atoms with van der Waals surface area (Å²) < 4.78 is 22.6. The maximum atomic E-state index is 11.3. The molecule has 0 bridgehead atoms. The SMILES string of the molecule is O=S(=O)(CCCl)CC[N]c1ccc(Cl)cc1. The average molecular weight is 281 g/mol. The minimum atomic E-state index is -3.06. The Kier molecular flexibility index (Phi) is 5.38. The molecule has 0 spiro atoms. The van der Waals surface area contributed by atoms with E-state index >= 15 is 0 Å². The van der Waals surface area contributed by atoms with E-state index in [2.05, 4.69) is 5.32 Å². The molecule has 0 aromatic heterocycles. The molecule has 0 saturated heterocycles. The molecule has 0 aliphatic heterocycles. The summed E-state index contributed by atoms with van der Waals surface area (Å²) in [5, 5.41) is 4.77. The highest BCUT2D eigenvalue weighted by atomic mass is 35.5. The summed E-state index contributed by atoms with van der Waals surface area (Å²) >= 11 is 11.1. The standard InChI is InChI=1S/C10H12Cl2NO2S/c11-5-7-16(14,15)8-6-13-10-3-1-9(12)2-4-10/h1-4H,5-8H2. The molecule has 1 rings (SSSR count). The number of sulfone groups is 1. The number of benzene rings is 1. The van der Waals surface area contributed by atoms with Crippen molar-refractivity contribution in [3.63, 3.8) is 0 Å². The summed E-state index contributed by atoms with van der Waals surface area (Å²) in [4.78, 5) is 0. The van der Waals surface area contributed by atoms with E-state index in [1.54, 1.807) is 24.3 Å². The van der Waals surface area contributed by atoms with Crippen molar-refractivity contribution >= 4 is 38.7 Å². The molecule has 0 aliphatic carbocycles. The summed E-state index contributed by atoms with van der Waals surface area (Å²) in [6, 6.07) is 6.92. The van der Waals surface area contributed by atoms with Crippen molar-refractivity contribution in [3.05, 3.63) is 29.3 Å². The highest BCUT2D eigenvalue weighted by molar-refractivity contribution is 7.91. The Bertz CT molecular complexity index is 417. The molecule has 16 heavy (non-hydrogen) atoms. The maximum absolute atomic E-state index is 11.3. The molecule has 3 nitrogen and oxygen atoms in total. The first-order chi connectivity index (χ1) is 7.53. The van der Waals surface area contributed by atoms with Gasteiger partial charge in [0.15, 0.2) is 9.84 Å². The van der Waals surface area contributed by atoms with Crippen molar-refractivity contribution in [1.29, 1.82) is 0 Å². The first kappa shape index (κ1) is 13.6. The zero-order chi connectivity index (χ0) is 12.0. The van der Waals surface area contributed by atoms with Crippen LogP contribution in [0, 0.1) is 0 Å². The van der Waals surface area contributed by atoms with Crippen LogP contribution in [0.3, 0.4) is 0 Å². The summed E-state index contributed by atoms with van der Waals surface area (Å²) in [6.45, 7) is 0.251. The van der Waals surface area contributed by atoms with Gasteiger partial charge in [0.2, 0.25) is 0 Å². The van der Waals surface area contributed by atoms with Gasteiger partial charge < -0.3 is 0 Å². The van der Waals surface area contributed by atoms with E-state index in [4.69, 9.17) is 23.2 Å². The molecule has 0 aliphatic rings. The summed E-state index contributed by atoms with van der Waals surface area (Å²) in [6.07, 6.45) is 0. The summed E-state index contributed by atoms with van der Waals surface area (Å²) in [7, 11) is -3.06. The van der Waals surface area contributed by atoms with Gasteiger partial charge in [-0.2, -0.15) is 0 Å². The smallest absolute Gasteiger partial charge is 0.153 e. The molecule has 0 heterocycles. The van der Waals surface area contributed by atoms with Gasteiger partial charge >= 0.3 is 0 Å². The lowest BCUT2D eigenvalue weighted by Gasteiger charge is -2.03. The zero-order valence-electron chi connectivity index (χ0n) is 8.57. The van der Waals surface area contributed by atoms with Crippen molar-refractivity contribution in [2.45, 2.75) is 0 Å². The first-order valence-corrected chi connectivity index (χ1v) is 7.46.